The molecule has 0 saturated heterocycles. The molecule has 0 N–H and O–H groups in total. The van der Waals surface area contributed by atoms with E-state index in [0.29, 0.717) is 50.6 Å². The average Bonchev–Trinajstić information content (AvgIpc) is 3.91. The summed E-state index contributed by atoms with van der Waals surface area (Å²) in [5.41, 5.74) is 6.86. The van der Waals surface area contributed by atoms with Gasteiger partial charge in [-0.25, -0.2) is 9.97 Å². The number of fused-ring (bicyclic) bond motifs is 7. The van der Waals surface area contributed by atoms with E-state index in [1.54, 1.807) is 24.3 Å². The quantitative estimate of drug-likeness (QED) is 0.149. The number of rotatable bonds is 7. The summed E-state index contributed by atoms with van der Waals surface area (Å²) in [5.74, 6) is 0.391. The molecule has 0 aliphatic heterocycles. The van der Waals surface area contributed by atoms with Crippen molar-refractivity contribution in [2.45, 2.75) is 12.4 Å². The number of aromatic nitrogens is 4. The Balaban J connectivity index is 1.26. The van der Waals surface area contributed by atoms with Crippen LogP contribution < -0.4 is 0 Å². The van der Waals surface area contributed by atoms with Gasteiger partial charge in [0.05, 0.1) is 50.3 Å². The SMILES string of the molecule is FC(F)(F)c1cccc(-c2cc(-c3cc(-c4ccccc4)nc(-c4ccccc4)n3)cc(-c3cccc(C(F)(F)F)c3)c2-n2c3ccccc3c3c2ccc2c4ccccc4n(-c4ccccc4)c23)c1. The van der Waals surface area contributed by atoms with Crippen LogP contribution in [0.1, 0.15) is 11.1 Å². The molecule has 12 rings (SSSR count). The minimum Gasteiger partial charge on any atom is -0.309 e. The zero-order valence-electron chi connectivity index (χ0n) is 36.8. The van der Waals surface area contributed by atoms with Gasteiger partial charge in [0.15, 0.2) is 5.82 Å². The number of hydrogen-bond acceptors (Lipinski definition) is 2. The van der Waals surface area contributed by atoms with E-state index in [2.05, 4.69) is 16.7 Å². The summed E-state index contributed by atoms with van der Waals surface area (Å²) in [6, 6.07) is 64.5. The van der Waals surface area contributed by atoms with Gasteiger partial charge in [-0.1, -0.05) is 146 Å². The molecule has 0 aliphatic rings. The predicted molar refractivity (Wildman–Crippen MR) is 268 cm³/mol. The fourth-order valence-electron chi connectivity index (χ4n) is 9.85. The number of halogens is 6. The number of hydrogen-bond donors (Lipinski definition) is 0. The second-order valence-corrected chi connectivity index (χ2v) is 17.2. The van der Waals surface area contributed by atoms with Gasteiger partial charge in [0.1, 0.15) is 0 Å². The molecule has 12 aromatic rings. The van der Waals surface area contributed by atoms with Crippen LogP contribution in [-0.4, -0.2) is 19.1 Å². The van der Waals surface area contributed by atoms with E-state index in [-0.39, 0.29) is 11.1 Å². The van der Waals surface area contributed by atoms with Gasteiger partial charge < -0.3 is 9.13 Å². The van der Waals surface area contributed by atoms with Crippen LogP contribution >= 0.6 is 0 Å². The largest absolute Gasteiger partial charge is 0.416 e. The summed E-state index contributed by atoms with van der Waals surface area (Å²) in [6.07, 6.45) is -9.41. The summed E-state index contributed by atoms with van der Waals surface area (Å²) in [7, 11) is 0. The monoisotopic (exact) mass is 926 g/mol. The van der Waals surface area contributed by atoms with Crippen LogP contribution in [0.4, 0.5) is 26.3 Å². The molecular weight excluding hydrogens is 891 g/mol. The van der Waals surface area contributed by atoms with Crippen LogP contribution in [0.25, 0.3) is 111 Å². The summed E-state index contributed by atoms with van der Waals surface area (Å²) in [6.45, 7) is 0. The Kier molecular flexibility index (Phi) is 10.0. The second kappa shape index (κ2) is 16.5. The summed E-state index contributed by atoms with van der Waals surface area (Å²) >= 11 is 0. The molecule has 10 heteroatoms. The van der Waals surface area contributed by atoms with E-state index in [9.17, 15) is 26.3 Å². The van der Waals surface area contributed by atoms with Gasteiger partial charge in [0.2, 0.25) is 0 Å². The minimum absolute atomic E-state index is 0.200. The Morgan fingerprint density at radius 1 is 0.343 bits per heavy atom. The highest BCUT2D eigenvalue weighted by Gasteiger charge is 2.33. The Morgan fingerprint density at radius 3 is 1.41 bits per heavy atom. The summed E-state index contributed by atoms with van der Waals surface area (Å²) in [5, 5.41) is 3.70. The second-order valence-electron chi connectivity index (χ2n) is 17.2. The normalized spacial score (nSPS) is 12.1. The number of benzene rings is 9. The molecule has 0 radical (unpaired) electrons. The van der Waals surface area contributed by atoms with E-state index in [1.807, 2.05) is 150 Å². The van der Waals surface area contributed by atoms with Gasteiger partial charge >= 0.3 is 12.4 Å². The molecule has 3 heterocycles. The van der Waals surface area contributed by atoms with Crippen LogP contribution in [0.15, 0.2) is 218 Å². The van der Waals surface area contributed by atoms with E-state index >= 15 is 0 Å². The molecule has 9 aromatic carbocycles. The van der Waals surface area contributed by atoms with Crippen molar-refractivity contribution in [3.8, 4) is 67.5 Å². The lowest BCUT2D eigenvalue weighted by atomic mass is 9.90. The van der Waals surface area contributed by atoms with E-state index in [4.69, 9.17) is 9.97 Å². The Bertz CT molecular complexity index is 3830. The Hall–Kier alpha value is -8.76. The van der Waals surface area contributed by atoms with Gasteiger partial charge in [-0.05, 0) is 83.9 Å². The standard InChI is InChI=1S/C60H36F6N4/c61-59(62,63)42-22-14-20-39(32-42)48-34-41(51-36-50(37-16-4-1-5-17-37)67-58(68-51)38-18-6-2-7-19-38)35-49(40-21-15-23-43(33-40)60(64,65)66)56(48)70-53-29-13-11-27-47(53)55-54(70)31-30-46-45-26-10-12-28-52(45)69(57(46)55)44-24-8-3-9-25-44/h1-36H. The smallest absolute Gasteiger partial charge is 0.309 e. The van der Waals surface area contributed by atoms with E-state index < -0.39 is 23.5 Å². The third-order valence-corrected chi connectivity index (χ3v) is 12.9. The average molecular weight is 927 g/mol. The van der Waals surface area contributed by atoms with Crippen molar-refractivity contribution in [3.05, 3.63) is 230 Å². The highest BCUT2D eigenvalue weighted by atomic mass is 19.4. The van der Waals surface area contributed by atoms with Crippen molar-refractivity contribution in [2.24, 2.45) is 0 Å². The van der Waals surface area contributed by atoms with Crippen LogP contribution in [0, 0.1) is 0 Å². The Labute approximate surface area is 397 Å². The minimum atomic E-state index is -4.71. The van der Waals surface area contributed by atoms with Gasteiger partial charge in [-0.3, -0.25) is 0 Å². The van der Waals surface area contributed by atoms with Crippen LogP contribution in [0.3, 0.4) is 0 Å². The third kappa shape index (κ3) is 7.27. The van der Waals surface area contributed by atoms with Crippen LogP contribution in [-0.2, 0) is 12.4 Å². The molecule has 4 nitrogen and oxygen atoms in total. The van der Waals surface area contributed by atoms with Gasteiger partial charge in [-0.2, -0.15) is 26.3 Å². The van der Waals surface area contributed by atoms with Crippen molar-refractivity contribution in [1.82, 2.24) is 19.1 Å². The first-order valence-corrected chi connectivity index (χ1v) is 22.5. The summed E-state index contributed by atoms with van der Waals surface area (Å²) < 4.78 is 93.1. The van der Waals surface area contributed by atoms with Crippen molar-refractivity contribution in [3.63, 3.8) is 0 Å². The maximum atomic E-state index is 14.8. The molecule has 70 heavy (non-hydrogen) atoms. The van der Waals surface area contributed by atoms with Gasteiger partial charge in [0, 0.05) is 55.0 Å². The zero-order chi connectivity index (χ0) is 47.7. The fraction of sp³-hybridized carbons (Fsp3) is 0.0333. The van der Waals surface area contributed by atoms with Crippen LogP contribution in [0.5, 0.6) is 0 Å². The first-order valence-electron chi connectivity index (χ1n) is 22.5. The molecule has 338 valence electrons. The first kappa shape index (κ1) is 42.6. The van der Waals surface area contributed by atoms with Crippen molar-refractivity contribution in [2.75, 3.05) is 0 Å². The molecule has 3 aromatic heterocycles. The topological polar surface area (TPSA) is 35.6 Å². The number of alkyl halides is 6. The number of para-hydroxylation sites is 3. The van der Waals surface area contributed by atoms with Crippen LogP contribution in [0.2, 0.25) is 0 Å². The molecule has 0 fully saturated rings. The zero-order valence-corrected chi connectivity index (χ0v) is 36.8. The van der Waals surface area contributed by atoms with Crippen molar-refractivity contribution < 1.29 is 26.3 Å². The van der Waals surface area contributed by atoms with E-state index in [0.717, 1.165) is 73.7 Å². The highest BCUT2D eigenvalue weighted by Crippen LogP contribution is 2.48. The van der Waals surface area contributed by atoms with Crippen molar-refractivity contribution >= 4 is 43.6 Å². The molecule has 0 bridgehead atoms. The Morgan fingerprint density at radius 2 is 0.829 bits per heavy atom. The molecule has 0 amide bonds. The summed E-state index contributed by atoms with van der Waals surface area (Å²) in [4.78, 5) is 10.1. The fourth-order valence-corrected chi connectivity index (χ4v) is 9.85. The molecular formula is C60H36F6N4. The lowest BCUT2D eigenvalue weighted by Crippen LogP contribution is -2.07. The van der Waals surface area contributed by atoms with Gasteiger partial charge in [-0.15, -0.1) is 0 Å². The highest BCUT2D eigenvalue weighted by molar-refractivity contribution is 6.26. The van der Waals surface area contributed by atoms with Gasteiger partial charge in [0.25, 0.3) is 0 Å². The molecule has 0 atom stereocenters. The third-order valence-electron chi connectivity index (χ3n) is 12.9. The predicted octanol–water partition coefficient (Wildman–Crippen LogP) is 17.0. The molecule has 0 aliphatic carbocycles. The molecule has 0 unspecified atom stereocenters. The van der Waals surface area contributed by atoms with Crippen molar-refractivity contribution in [1.29, 1.82) is 0 Å². The van der Waals surface area contributed by atoms with E-state index in [1.165, 1.54) is 12.1 Å². The lowest BCUT2D eigenvalue weighted by Gasteiger charge is -2.22. The maximum absolute atomic E-state index is 14.8. The maximum Gasteiger partial charge on any atom is 0.416 e. The number of nitrogens with zero attached hydrogens (tertiary/aromatic N) is 4. The molecule has 0 spiro atoms. The lowest BCUT2D eigenvalue weighted by molar-refractivity contribution is -0.138. The first-order chi connectivity index (χ1) is 34.0. The molecule has 0 saturated carbocycles.